The fraction of sp³-hybridized carbons (Fsp3) is 0.0909. The molecule has 1 amide bonds. The highest BCUT2D eigenvalue weighted by atomic mass is 79.9. The minimum atomic E-state index is -0.412. The van der Waals surface area contributed by atoms with Crippen LogP contribution in [0.1, 0.15) is 21.5 Å². The molecule has 0 aliphatic heterocycles. The highest BCUT2D eigenvalue weighted by Gasteiger charge is 2.17. The second kappa shape index (κ2) is 11.0. The average Bonchev–Trinajstić information content (AvgIpc) is 2.78. The van der Waals surface area contributed by atoms with Crippen LogP contribution in [-0.2, 0) is 6.61 Å². The minimum Gasteiger partial charge on any atom is -0.508 e. The predicted molar refractivity (Wildman–Crippen MR) is 132 cm³/mol. The summed E-state index contributed by atoms with van der Waals surface area (Å²) in [5.41, 5.74) is 4.28. The second-order valence-electron chi connectivity index (χ2n) is 6.41. The lowest BCUT2D eigenvalue weighted by Gasteiger charge is -2.15. The van der Waals surface area contributed by atoms with Gasteiger partial charge in [-0.15, -0.1) is 0 Å². The number of carbonyl (C=O) groups excluding carboxylic acids is 1. The zero-order chi connectivity index (χ0) is 23.3. The molecule has 3 rings (SSSR count). The Morgan fingerprint density at radius 1 is 1.09 bits per heavy atom. The Hall–Kier alpha value is -2.26. The molecule has 0 saturated heterocycles. The van der Waals surface area contributed by atoms with Crippen LogP contribution in [0.15, 0.2) is 62.6 Å². The van der Waals surface area contributed by atoms with Crippen molar-refractivity contribution < 1.29 is 19.4 Å². The Labute approximate surface area is 211 Å². The molecule has 0 aromatic heterocycles. The number of hydrazone groups is 1. The third kappa shape index (κ3) is 5.95. The molecule has 0 unspecified atom stereocenters. The minimum absolute atomic E-state index is 0.0763. The number of halogens is 4. The van der Waals surface area contributed by atoms with Crippen LogP contribution in [0.25, 0.3) is 0 Å². The Kier molecular flexibility index (Phi) is 8.42. The zero-order valence-electron chi connectivity index (χ0n) is 16.5. The molecule has 0 fully saturated rings. The van der Waals surface area contributed by atoms with E-state index in [9.17, 15) is 9.90 Å². The first kappa shape index (κ1) is 24.4. The Balaban J connectivity index is 1.76. The molecule has 32 heavy (non-hydrogen) atoms. The third-order valence-corrected chi connectivity index (χ3v) is 7.12. The van der Waals surface area contributed by atoms with Gasteiger partial charge in [0.2, 0.25) is 0 Å². The first-order valence-electron chi connectivity index (χ1n) is 9.05. The molecule has 166 valence electrons. The zero-order valence-corrected chi connectivity index (χ0v) is 21.2. The van der Waals surface area contributed by atoms with E-state index in [-0.39, 0.29) is 12.4 Å². The van der Waals surface area contributed by atoms with E-state index in [0.717, 1.165) is 5.56 Å². The van der Waals surface area contributed by atoms with Crippen LogP contribution in [0.3, 0.4) is 0 Å². The van der Waals surface area contributed by atoms with Crippen molar-refractivity contribution in [1.82, 2.24) is 5.43 Å². The molecule has 0 saturated carbocycles. The lowest BCUT2D eigenvalue weighted by molar-refractivity contribution is 0.0955. The summed E-state index contributed by atoms with van der Waals surface area (Å²) in [6.45, 7) is 0.244. The monoisotopic (exact) mass is 600 g/mol. The van der Waals surface area contributed by atoms with Gasteiger partial charge < -0.3 is 14.6 Å². The molecule has 6 nitrogen and oxygen atoms in total. The molecular weight excluding hydrogens is 587 g/mol. The van der Waals surface area contributed by atoms with Gasteiger partial charge in [0.05, 0.1) is 27.8 Å². The number of nitrogens with zero attached hydrogens (tertiary/aromatic N) is 1. The number of rotatable bonds is 7. The van der Waals surface area contributed by atoms with Crippen LogP contribution in [0.2, 0.25) is 10.0 Å². The molecule has 0 atom stereocenters. The maximum atomic E-state index is 12.2. The number of benzene rings is 3. The summed E-state index contributed by atoms with van der Waals surface area (Å²) in [7, 11) is 1.52. The number of methoxy groups -OCH3 is 1. The van der Waals surface area contributed by atoms with Crippen LogP contribution in [-0.4, -0.2) is 24.3 Å². The van der Waals surface area contributed by atoms with Crippen molar-refractivity contribution in [2.75, 3.05) is 7.11 Å². The van der Waals surface area contributed by atoms with Crippen molar-refractivity contribution in [3.05, 3.63) is 84.2 Å². The quantitative estimate of drug-likeness (QED) is 0.237. The first-order valence-corrected chi connectivity index (χ1v) is 11.4. The smallest absolute Gasteiger partial charge is 0.271 e. The second-order valence-corrected chi connectivity index (χ2v) is 8.81. The van der Waals surface area contributed by atoms with Crippen molar-refractivity contribution in [2.24, 2.45) is 5.10 Å². The van der Waals surface area contributed by atoms with Crippen LogP contribution >= 0.6 is 55.1 Å². The highest BCUT2D eigenvalue weighted by molar-refractivity contribution is 9.13. The summed E-state index contributed by atoms with van der Waals surface area (Å²) < 4.78 is 12.7. The van der Waals surface area contributed by atoms with Crippen LogP contribution in [0, 0.1) is 0 Å². The van der Waals surface area contributed by atoms with Gasteiger partial charge in [0.25, 0.3) is 5.91 Å². The van der Waals surface area contributed by atoms with Gasteiger partial charge in [0.15, 0.2) is 11.5 Å². The largest absolute Gasteiger partial charge is 0.508 e. The van der Waals surface area contributed by atoms with Gasteiger partial charge in [-0.05, 0) is 79.9 Å². The SMILES string of the molecule is COc1cc(/C=N\NC(=O)c2ccc(O)cc2)c(Br)c(Br)c1OCc1ccc(Cl)c(Cl)c1. The van der Waals surface area contributed by atoms with Gasteiger partial charge >= 0.3 is 0 Å². The summed E-state index contributed by atoms with van der Waals surface area (Å²) >= 11 is 19.0. The van der Waals surface area contributed by atoms with E-state index < -0.39 is 5.91 Å². The highest BCUT2D eigenvalue weighted by Crippen LogP contribution is 2.42. The fourth-order valence-corrected chi connectivity index (χ4v) is 3.86. The lowest BCUT2D eigenvalue weighted by atomic mass is 10.2. The van der Waals surface area contributed by atoms with Crippen LogP contribution < -0.4 is 14.9 Å². The van der Waals surface area contributed by atoms with Crippen LogP contribution in [0.5, 0.6) is 17.2 Å². The van der Waals surface area contributed by atoms with Gasteiger partial charge in [-0.1, -0.05) is 29.3 Å². The number of aromatic hydroxyl groups is 1. The van der Waals surface area contributed by atoms with Crippen molar-refractivity contribution in [3.63, 3.8) is 0 Å². The maximum absolute atomic E-state index is 12.2. The number of phenolic OH excluding ortho intramolecular Hbond substituents is 1. The normalized spacial score (nSPS) is 10.9. The molecule has 10 heteroatoms. The number of phenols is 1. The molecule has 3 aromatic carbocycles. The van der Waals surface area contributed by atoms with E-state index in [1.54, 1.807) is 18.2 Å². The summed E-state index contributed by atoms with van der Waals surface area (Å²) in [6, 6.07) is 12.8. The van der Waals surface area contributed by atoms with E-state index in [1.165, 1.54) is 37.6 Å². The van der Waals surface area contributed by atoms with Gasteiger partial charge in [0, 0.05) is 15.6 Å². The number of amides is 1. The van der Waals surface area contributed by atoms with Crippen LogP contribution in [0.4, 0.5) is 0 Å². The van der Waals surface area contributed by atoms with Gasteiger partial charge in [-0.3, -0.25) is 4.79 Å². The Bertz CT molecular complexity index is 1170. The van der Waals surface area contributed by atoms with E-state index in [4.69, 9.17) is 32.7 Å². The molecule has 0 bridgehead atoms. The number of nitrogens with one attached hydrogen (secondary N) is 1. The van der Waals surface area contributed by atoms with Crippen molar-refractivity contribution >= 4 is 67.2 Å². The van der Waals surface area contributed by atoms with Gasteiger partial charge in [0.1, 0.15) is 12.4 Å². The summed E-state index contributed by atoms with van der Waals surface area (Å²) in [5.74, 6) is 0.611. The van der Waals surface area contributed by atoms with E-state index in [1.807, 2.05) is 6.07 Å². The van der Waals surface area contributed by atoms with Crippen molar-refractivity contribution in [2.45, 2.75) is 6.61 Å². The third-order valence-electron chi connectivity index (χ3n) is 4.24. The Morgan fingerprint density at radius 2 is 1.81 bits per heavy atom. The molecule has 0 aliphatic rings. The van der Waals surface area contributed by atoms with Gasteiger partial charge in [-0.2, -0.15) is 5.10 Å². The average molecular weight is 603 g/mol. The van der Waals surface area contributed by atoms with Crippen molar-refractivity contribution in [1.29, 1.82) is 0 Å². The van der Waals surface area contributed by atoms with E-state index in [0.29, 0.717) is 41.6 Å². The molecule has 3 aromatic rings. The standard InChI is InChI=1S/C22H16Br2Cl2N2O4/c1-31-18-9-14(10-27-28-22(30)13-3-5-15(29)6-4-13)19(23)20(24)21(18)32-11-12-2-7-16(25)17(26)8-12/h2-10,29H,11H2,1H3,(H,28,30)/b27-10-. The fourth-order valence-electron chi connectivity index (χ4n) is 2.61. The van der Waals surface area contributed by atoms with Gasteiger partial charge in [-0.25, -0.2) is 5.43 Å². The number of hydrogen-bond acceptors (Lipinski definition) is 5. The number of ether oxygens (including phenoxy) is 2. The predicted octanol–water partition coefficient (Wildman–Crippen LogP) is 6.58. The lowest BCUT2D eigenvalue weighted by Crippen LogP contribution is -2.17. The molecule has 0 heterocycles. The molecule has 0 aliphatic carbocycles. The van der Waals surface area contributed by atoms with E-state index in [2.05, 4.69) is 42.4 Å². The maximum Gasteiger partial charge on any atom is 0.271 e. The molecular formula is C22H16Br2Cl2N2O4. The molecule has 0 spiro atoms. The number of carbonyl (C=O) groups is 1. The molecule has 2 N–H and O–H groups in total. The topological polar surface area (TPSA) is 80.2 Å². The van der Waals surface area contributed by atoms with Crippen molar-refractivity contribution in [3.8, 4) is 17.2 Å². The first-order chi connectivity index (χ1) is 15.3. The summed E-state index contributed by atoms with van der Waals surface area (Å²) in [6.07, 6.45) is 1.47. The summed E-state index contributed by atoms with van der Waals surface area (Å²) in [4.78, 5) is 12.2. The summed E-state index contributed by atoms with van der Waals surface area (Å²) in [5, 5.41) is 14.2. The Morgan fingerprint density at radius 3 is 2.47 bits per heavy atom. The van der Waals surface area contributed by atoms with E-state index >= 15 is 0 Å². The number of hydrogen-bond donors (Lipinski definition) is 2. The molecule has 0 radical (unpaired) electrons.